The Morgan fingerprint density at radius 2 is 2.22 bits per heavy atom. The van der Waals surface area contributed by atoms with Gasteiger partial charge in [-0.15, -0.1) is 0 Å². The van der Waals surface area contributed by atoms with Crippen molar-refractivity contribution < 1.29 is 4.79 Å². The number of nitrogens with zero attached hydrogens (tertiary/aromatic N) is 2. The zero-order valence-corrected chi connectivity index (χ0v) is 11.2. The Morgan fingerprint density at radius 1 is 1.44 bits per heavy atom. The van der Waals surface area contributed by atoms with Crippen molar-refractivity contribution in [2.24, 2.45) is 5.73 Å². The third-order valence-corrected chi connectivity index (χ3v) is 3.55. The molecule has 2 aromatic rings. The van der Waals surface area contributed by atoms with Gasteiger partial charge in [-0.3, -0.25) is 9.36 Å². The van der Waals surface area contributed by atoms with Gasteiger partial charge < -0.3 is 5.73 Å². The summed E-state index contributed by atoms with van der Waals surface area (Å²) in [6, 6.07) is 6.24. The van der Waals surface area contributed by atoms with E-state index in [-0.39, 0.29) is 11.7 Å². The molecule has 1 heterocycles. The van der Waals surface area contributed by atoms with Gasteiger partial charge in [-0.2, -0.15) is 0 Å². The molecule has 0 aliphatic heterocycles. The largest absolute Gasteiger partial charge is 0.369 e. The monoisotopic (exact) mass is 261 g/mol. The van der Waals surface area contributed by atoms with Crippen LogP contribution in [0.25, 0.3) is 5.69 Å². The number of thioether (sulfide) groups is 1. The number of rotatable bonds is 4. The van der Waals surface area contributed by atoms with Crippen LogP contribution in [0, 0.1) is 13.8 Å². The highest BCUT2D eigenvalue weighted by atomic mass is 32.2. The molecule has 0 aliphatic carbocycles. The fourth-order valence-electron chi connectivity index (χ4n) is 1.79. The van der Waals surface area contributed by atoms with Crippen molar-refractivity contribution in [1.29, 1.82) is 0 Å². The van der Waals surface area contributed by atoms with E-state index < -0.39 is 0 Å². The summed E-state index contributed by atoms with van der Waals surface area (Å²) < 4.78 is 1.97. The average molecular weight is 261 g/mol. The lowest BCUT2D eigenvalue weighted by molar-refractivity contribution is -0.115. The summed E-state index contributed by atoms with van der Waals surface area (Å²) in [5.74, 6) is -0.0998. The summed E-state index contributed by atoms with van der Waals surface area (Å²) in [5.41, 5.74) is 8.62. The van der Waals surface area contributed by atoms with E-state index in [2.05, 4.69) is 37.0 Å². The van der Waals surface area contributed by atoms with E-state index in [1.807, 2.05) is 10.8 Å². The van der Waals surface area contributed by atoms with Gasteiger partial charge in [0.1, 0.15) is 0 Å². The molecule has 1 aromatic carbocycles. The number of carbonyl (C=O) groups is 1. The first-order chi connectivity index (χ1) is 8.58. The number of hydrogen-bond acceptors (Lipinski definition) is 3. The fraction of sp³-hybridized carbons (Fsp3) is 0.231. The van der Waals surface area contributed by atoms with Gasteiger partial charge in [-0.25, -0.2) is 4.98 Å². The van der Waals surface area contributed by atoms with Gasteiger partial charge in [0.25, 0.3) is 0 Å². The van der Waals surface area contributed by atoms with E-state index in [1.165, 1.54) is 22.9 Å². The summed E-state index contributed by atoms with van der Waals surface area (Å²) in [7, 11) is 0. The second-order valence-electron chi connectivity index (χ2n) is 4.12. The molecular formula is C13H15N3OS. The van der Waals surface area contributed by atoms with Crippen molar-refractivity contribution in [1.82, 2.24) is 9.55 Å². The van der Waals surface area contributed by atoms with Crippen LogP contribution in [-0.2, 0) is 4.79 Å². The first-order valence-electron chi connectivity index (χ1n) is 5.60. The molecule has 0 unspecified atom stereocenters. The zero-order chi connectivity index (χ0) is 13.1. The van der Waals surface area contributed by atoms with Gasteiger partial charge in [0.15, 0.2) is 5.16 Å². The summed E-state index contributed by atoms with van der Waals surface area (Å²) >= 11 is 1.35. The smallest absolute Gasteiger partial charge is 0.227 e. The molecule has 0 saturated heterocycles. The minimum atomic E-state index is -0.338. The zero-order valence-electron chi connectivity index (χ0n) is 10.4. The summed E-state index contributed by atoms with van der Waals surface area (Å²) in [6.45, 7) is 4.12. The Balaban J connectivity index is 2.33. The van der Waals surface area contributed by atoms with E-state index in [1.54, 1.807) is 6.20 Å². The molecule has 5 heteroatoms. The molecule has 0 atom stereocenters. The van der Waals surface area contributed by atoms with Crippen LogP contribution in [0.3, 0.4) is 0 Å². The molecule has 1 aromatic heterocycles. The molecule has 4 nitrogen and oxygen atoms in total. The Bertz CT molecular complexity index is 577. The van der Waals surface area contributed by atoms with Gasteiger partial charge in [-0.1, -0.05) is 29.5 Å². The second-order valence-corrected chi connectivity index (χ2v) is 5.07. The Hall–Kier alpha value is -1.75. The molecule has 0 fully saturated rings. The van der Waals surface area contributed by atoms with Crippen molar-refractivity contribution in [3.05, 3.63) is 41.7 Å². The number of aryl methyl sites for hydroxylation is 2. The standard InChI is InChI=1S/C13H15N3OS/c1-9-3-4-11(10(2)7-9)16-6-5-15-13(16)18-8-12(14)17/h3-7H,8H2,1-2H3,(H2,14,17). The Morgan fingerprint density at radius 3 is 2.89 bits per heavy atom. The van der Waals surface area contributed by atoms with Gasteiger partial charge in [0, 0.05) is 12.4 Å². The van der Waals surface area contributed by atoms with E-state index >= 15 is 0 Å². The first kappa shape index (κ1) is 12.7. The predicted molar refractivity (Wildman–Crippen MR) is 73.0 cm³/mol. The number of primary amides is 1. The molecule has 2 rings (SSSR count). The van der Waals surface area contributed by atoms with Crippen LogP contribution in [0.1, 0.15) is 11.1 Å². The van der Waals surface area contributed by atoms with Crippen LogP contribution < -0.4 is 5.73 Å². The quantitative estimate of drug-likeness (QED) is 0.857. The molecule has 1 amide bonds. The number of aromatic nitrogens is 2. The molecule has 0 bridgehead atoms. The highest BCUT2D eigenvalue weighted by Crippen LogP contribution is 2.23. The highest BCUT2D eigenvalue weighted by molar-refractivity contribution is 7.99. The highest BCUT2D eigenvalue weighted by Gasteiger charge is 2.09. The van der Waals surface area contributed by atoms with E-state index in [0.29, 0.717) is 0 Å². The maximum atomic E-state index is 10.8. The maximum Gasteiger partial charge on any atom is 0.227 e. The van der Waals surface area contributed by atoms with Gasteiger partial charge in [0.05, 0.1) is 11.4 Å². The van der Waals surface area contributed by atoms with Crippen molar-refractivity contribution in [2.45, 2.75) is 19.0 Å². The summed E-state index contributed by atoms with van der Waals surface area (Å²) in [5, 5.41) is 0.778. The Labute approximate surface area is 110 Å². The van der Waals surface area contributed by atoms with Crippen molar-refractivity contribution >= 4 is 17.7 Å². The number of nitrogens with two attached hydrogens (primary N) is 1. The van der Waals surface area contributed by atoms with E-state index in [0.717, 1.165) is 10.8 Å². The lowest BCUT2D eigenvalue weighted by Crippen LogP contribution is -2.13. The van der Waals surface area contributed by atoms with Crippen molar-refractivity contribution in [3.8, 4) is 5.69 Å². The molecule has 0 aliphatic rings. The topological polar surface area (TPSA) is 60.9 Å². The van der Waals surface area contributed by atoms with Crippen LogP contribution in [0.5, 0.6) is 0 Å². The molecule has 0 spiro atoms. The minimum Gasteiger partial charge on any atom is -0.369 e. The lowest BCUT2D eigenvalue weighted by Gasteiger charge is -2.10. The number of imidazole rings is 1. The van der Waals surface area contributed by atoms with E-state index in [4.69, 9.17) is 5.73 Å². The fourth-order valence-corrected chi connectivity index (χ4v) is 2.50. The summed E-state index contributed by atoms with van der Waals surface area (Å²) in [4.78, 5) is 15.1. The lowest BCUT2D eigenvalue weighted by atomic mass is 10.1. The number of hydrogen-bond donors (Lipinski definition) is 1. The van der Waals surface area contributed by atoms with Crippen molar-refractivity contribution in [3.63, 3.8) is 0 Å². The predicted octanol–water partition coefficient (Wildman–Crippen LogP) is 2.07. The number of carbonyl (C=O) groups excluding carboxylic acids is 1. The maximum absolute atomic E-state index is 10.8. The second kappa shape index (κ2) is 5.27. The normalized spacial score (nSPS) is 10.6. The molecule has 94 valence electrons. The molecule has 0 radical (unpaired) electrons. The molecule has 2 N–H and O–H groups in total. The number of benzene rings is 1. The first-order valence-corrected chi connectivity index (χ1v) is 6.58. The third kappa shape index (κ3) is 2.73. The summed E-state index contributed by atoms with van der Waals surface area (Å²) in [6.07, 6.45) is 3.61. The molecule has 0 saturated carbocycles. The van der Waals surface area contributed by atoms with Gasteiger partial charge in [-0.05, 0) is 25.5 Å². The van der Waals surface area contributed by atoms with Crippen LogP contribution in [0.4, 0.5) is 0 Å². The van der Waals surface area contributed by atoms with Crippen LogP contribution in [0.15, 0.2) is 35.7 Å². The number of amides is 1. The Kier molecular flexibility index (Phi) is 3.72. The SMILES string of the molecule is Cc1ccc(-n2ccnc2SCC(N)=O)c(C)c1. The van der Waals surface area contributed by atoms with Crippen LogP contribution >= 0.6 is 11.8 Å². The van der Waals surface area contributed by atoms with Crippen LogP contribution in [-0.4, -0.2) is 21.2 Å². The van der Waals surface area contributed by atoms with Gasteiger partial charge >= 0.3 is 0 Å². The third-order valence-electron chi connectivity index (χ3n) is 2.56. The van der Waals surface area contributed by atoms with Gasteiger partial charge in [0.2, 0.25) is 5.91 Å². The van der Waals surface area contributed by atoms with Crippen LogP contribution in [0.2, 0.25) is 0 Å². The molecular weight excluding hydrogens is 246 g/mol. The van der Waals surface area contributed by atoms with E-state index in [9.17, 15) is 4.79 Å². The minimum absolute atomic E-state index is 0.238. The van der Waals surface area contributed by atoms with Crippen molar-refractivity contribution in [2.75, 3.05) is 5.75 Å². The molecule has 18 heavy (non-hydrogen) atoms. The average Bonchev–Trinajstić information content (AvgIpc) is 2.74.